The molecule has 2 amide bonds. The van der Waals surface area contributed by atoms with E-state index in [0.29, 0.717) is 22.9 Å². The molecule has 6 nitrogen and oxygen atoms in total. The minimum absolute atomic E-state index is 0.199. The van der Waals surface area contributed by atoms with Gasteiger partial charge in [0.05, 0.1) is 16.1 Å². The average Bonchev–Trinajstić information content (AvgIpc) is 3.24. The molecule has 0 radical (unpaired) electrons. The highest BCUT2D eigenvalue weighted by Gasteiger charge is 2.20. The van der Waals surface area contributed by atoms with Crippen LogP contribution in [0.2, 0.25) is 0 Å². The number of rotatable bonds is 4. The van der Waals surface area contributed by atoms with E-state index < -0.39 is 5.91 Å². The number of para-hydroxylation sites is 1. The van der Waals surface area contributed by atoms with Gasteiger partial charge in [-0.25, -0.2) is 4.98 Å². The number of carbonyl (C=O) groups is 2. The zero-order valence-electron chi connectivity index (χ0n) is 13.1. The molecule has 0 saturated carbocycles. The Morgan fingerprint density at radius 1 is 1.12 bits per heavy atom. The number of hydrogen-bond donors (Lipinski definition) is 2. The first-order chi connectivity index (χ1) is 11.6. The number of nitrogens with zero attached hydrogens (tertiary/aromatic N) is 1. The monoisotopic (exact) mass is 341 g/mol. The van der Waals surface area contributed by atoms with Crippen molar-refractivity contribution in [3.8, 4) is 10.8 Å². The van der Waals surface area contributed by atoms with Crippen LogP contribution in [-0.2, 0) is 0 Å². The summed E-state index contributed by atoms with van der Waals surface area (Å²) in [5.74, 6) is 0.137. The summed E-state index contributed by atoms with van der Waals surface area (Å²) >= 11 is 1.48. The first-order valence-electron chi connectivity index (χ1n) is 7.24. The molecule has 3 rings (SSSR count). The van der Waals surface area contributed by atoms with Crippen molar-refractivity contribution in [1.29, 1.82) is 0 Å². The minimum Gasteiger partial charge on any atom is -0.440 e. The number of aryl methyl sites for hydroxylation is 1. The predicted octanol–water partition coefficient (Wildman–Crippen LogP) is 3.32. The van der Waals surface area contributed by atoms with E-state index in [9.17, 15) is 9.59 Å². The van der Waals surface area contributed by atoms with Gasteiger partial charge in [-0.3, -0.25) is 9.59 Å². The third-order valence-electron chi connectivity index (χ3n) is 3.39. The van der Waals surface area contributed by atoms with E-state index in [1.54, 1.807) is 31.2 Å². The molecule has 0 bridgehead atoms. The molecule has 0 atom stereocenters. The number of benzene rings is 1. The van der Waals surface area contributed by atoms with Crippen LogP contribution >= 0.6 is 11.3 Å². The Hall–Kier alpha value is -2.93. The molecule has 2 N–H and O–H groups in total. The number of nitrogens with one attached hydrogen (secondary N) is 2. The van der Waals surface area contributed by atoms with E-state index in [1.165, 1.54) is 18.4 Å². The lowest BCUT2D eigenvalue weighted by Gasteiger charge is -2.09. The van der Waals surface area contributed by atoms with Crippen LogP contribution in [0.4, 0.5) is 5.69 Å². The topological polar surface area (TPSA) is 84.2 Å². The van der Waals surface area contributed by atoms with Crippen LogP contribution < -0.4 is 10.6 Å². The van der Waals surface area contributed by atoms with Crippen LogP contribution in [0.5, 0.6) is 0 Å². The summed E-state index contributed by atoms with van der Waals surface area (Å²) in [7, 11) is 1.54. The fourth-order valence-corrected chi connectivity index (χ4v) is 2.87. The Morgan fingerprint density at radius 2 is 1.92 bits per heavy atom. The molecule has 0 aliphatic heterocycles. The van der Waals surface area contributed by atoms with E-state index in [0.717, 1.165) is 4.88 Å². The number of carbonyl (C=O) groups excluding carboxylic acids is 2. The third kappa shape index (κ3) is 3.07. The summed E-state index contributed by atoms with van der Waals surface area (Å²) < 4.78 is 5.58. The normalized spacial score (nSPS) is 10.4. The molecule has 1 aromatic carbocycles. The van der Waals surface area contributed by atoms with Gasteiger partial charge in [-0.05, 0) is 30.5 Å². The van der Waals surface area contributed by atoms with Crippen LogP contribution in [0.15, 0.2) is 46.2 Å². The van der Waals surface area contributed by atoms with Gasteiger partial charge in [0.15, 0.2) is 5.69 Å². The average molecular weight is 341 g/mol. The number of oxazole rings is 1. The lowest BCUT2D eigenvalue weighted by Crippen LogP contribution is -2.21. The van der Waals surface area contributed by atoms with Crippen LogP contribution in [-0.4, -0.2) is 23.8 Å². The van der Waals surface area contributed by atoms with Crippen molar-refractivity contribution in [1.82, 2.24) is 10.3 Å². The molecule has 24 heavy (non-hydrogen) atoms. The smallest absolute Gasteiger partial charge is 0.277 e. The predicted molar refractivity (Wildman–Crippen MR) is 92.3 cm³/mol. The fourth-order valence-electron chi connectivity index (χ4n) is 2.22. The summed E-state index contributed by atoms with van der Waals surface area (Å²) in [6.07, 6.45) is 0. The Balaban J connectivity index is 1.88. The number of thiophene rings is 1. The van der Waals surface area contributed by atoms with Gasteiger partial charge in [0, 0.05) is 7.05 Å². The highest BCUT2D eigenvalue weighted by Crippen LogP contribution is 2.26. The molecule has 0 saturated heterocycles. The van der Waals surface area contributed by atoms with Crippen LogP contribution in [0, 0.1) is 6.92 Å². The minimum atomic E-state index is -0.421. The van der Waals surface area contributed by atoms with Gasteiger partial charge in [0.25, 0.3) is 11.8 Å². The van der Waals surface area contributed by atoms with E-state index in [2.05, 4.69) is 15.6 Å². The summed E-state index contributed by atoms with van der Waals surface area (Å²) in [4.78, 5) is 29.5. The number of amides is 2. The second-order valence-corrected chi connectivity index (χ2v) is 5.93. The van der Waals surface area contributed by atoms with E-state index in [4.69, 9.17) is 4.42 Å². The molecular weight excluding hydrogens is 326 g/mol. The molecule has 0 aliphatic carbocycles. The Morgan fingerprint density at radius 3 is 2.62 bits per heavy atom. The number of hydrogen-bond acceptors (Lipinski definition) is 5. The maximum atomic E-state index is 12.5. The zero-order valence-corrected chi connectivity index (χ0v) is 13.9. The van der Waals surface area contributed by atoms with Crippen molar-refractivity contribution >= 4 is 28.8 Å². The van der Waals surface area contributed by atoms with E-state index >= 15 is 0 Å². The van der Waals surface area contributed by atoms with Crippen LogP contribution in [0.25, 0.3) is 10.8 Å². The Labute approximate surface area is 142 Å². The van der Waals surface area contributed by atoms with E-state index in [1.807, 2.05) is 17.5 Å². The third-order valence-corrected chi connectivity index (χ3v) is 4.25. The van der Waals surface area contributed by atoms with Crippen molar-refractivity contribution in [3.63, 3.8) is 0 Å². The standard InChI is InChI=1S/C17H15N3O3S/c1-10-14(20-17(23-10)13-8-5-9-24-13)16(22)19-12-7-4-3-6-11(12)15(21)18-2/h3-9H,1-2H3,(H,18,21)(H,19,22). The molecule has 3 aromatic rings. The molecule has 122 valence electrons. The van der Waals surface area contributed by atoms with Crippen molar-refractivity contribution in [2.75, 3.05) is 12.4 Å². The van der Waals surface area contributed by atoms with Crippen LogP contribution in [0.3, 0.4) is 0 Å². The molecule has 0 fully saturated rings. The van der Waals surface area contributed by atoms with Gasteiger partial charge >= 0.3 is 0 Å². The van der Waals surface area contributed by atoms with Gasteiger partial charge in [-0.1, -0.05) is 18.2 Å². The van der Waals surface area contributed by atoms with Gasteiger partial charge in [0.2, 0.25) is 5.89 Å². The zero-order chi connectivity index (χ0) is 17.1. The highest BCUT2D eigenvalue weighted by atomic mass is 32.1. The van der Waals surface area contributed by atoms with Crippen molar-refractivity contribution < 1.29 is 14.0 Å². The van der Waals surface area contributed by atoms with Crippen molar-refractivity contribution in [3.05, 3.63) is 58.8 Å². The summed E-state index contributed by atoms with van der Waals surface area (Å²) in [5.41, 5.74) is 1.00. The molecule has 7 heteroatoms. The summed E-state index contributed by atoms with van der Waals surface area (Å²) in [6.45, 7) is 1.68. The van der Waals surface area contributed by atoms with Crippen molar-refractivity contribution in [2.45, 2.75) is 6.92 Å². The first kappa shape index (κ1) is 15.9. The van der Waals surface area contributed by atoms with Crippen molar-refractivity contribution in [2.24, 2.45) is 0 Å². The largest absolute Gasteiger partial charge is 0.440 e. The Bertz CT molecular complexity index is 884. The maximum Gasteiger partial charge on any atom is 0.277 e. The molecule has 2 heterocycles. The molecule has 0 spiro atoms. The second kappa shape index (κ2) is 6.67. The maximum absolute atomic E-state index is 12.5. The van der Waals surface area contributed by atoms with Gasteiger partial charge in [-0.15, -0.1) is 11.3 Å². The quantitative estimate of drug-likeness (QED) is 0.762. The molecule has 2 aromatic heterocycles. The summed E-state index contributed by atoms with van der Waals surface area (Å²) in [5, 5.41) is 7.18. The first-order valence-corrected chi connectivity index (χ1v) is 8.12. The highest BCUT2D eigenvalue weighted by molar-refractivity contribution is 7.13. The Kier molecular flexibility index (Phi) is 4.43. The fraction of sp³-hybridized carbons (Fsp3) is 0.118. The number of anilines is 1. The molecular formula is C17H15N3O3S. The molecule has 0 unspecified atom stereocenters. The van der Waals surface area contributed by atoms with Gasteiger partial charge < -0.3 is 15.1 Å². The van der Waals surface area contributed by atoms with Gasteiger partial charge in [-0.2, -0.15) is 0 Å². The van der Waals surface area contributed by atoms with Gasteiger partial charge in [0.1, 0.15) is 5.76 Å². The summed E-state index contributed by atoms with van der Waals surface area (Å²) in [6, 6.07) is 10.5. The van der Waals surface area contributed by atoms with E-state index in [-0.39, 0.29) is 11.6 Å². The lowest BCUT2D eigenvalue weighted by atomic mass is 10.1. The second-order valence-electron chi connectivity index (χ2n) is 4.98. The lowest BCUT2D eigenvalue weighted by molar-refractivity contribution is 0.0964. The SMILES string of the molecule is CNC(=O)c1ccccc1NC(=O)c1nc(-c2cccs2)oc1C. The molecule has 0 aliphatic rings. The number of aromatic nitrogens is 1. The van der Waals surface area contributed by atoms with Crippen LogP contribution in [0.1, 0.15) is 26.6 Å².